The summed E-state index contributed by atoms with van der Waals surface area (Å²) in [6.45, 7) is 9.13. The number of likely N-dealkylation sites (tertiary alicyclic amines) is 1. The van der Waals surface area contributed by atoms with Crippen molar-refractivity contribution < 1.29 is 33.0 Å². The summed E-state index contributed by atoms with van der Waals surface area (Å²) in [4.78, 5) is 46.8. The Bertz CT molecular complexity index is 1650. The molecule has 0 unspecified atom stereocenters. The fraction of sp³-hybridized carbons (Fsp3) is 0.459. The zero-order valence-electron chi connectivity index (χ0n) is 27.6. The van der Waals surface area contributed by atoms with E-state index in [1.165, 1.54) is 24.1 Å². The van der Waals surface area contributed by atoms with E-state index in [1.54, 1.807) is 32.9 Å². The highest BCUT2D eigenvalue weighted by atomic mass is 19.1. The number of aryl methyl sites for hydroxylation is 1. The summed E-state index contributed by atoms with van der Waals surface area (Å²) in [5.41, 5.74) is 1.09. The predicted octanol–water partition coefficient (Wildman–Crippen LogP) is 6.91. The number of nitrogens with zero attached hydrogens (tertiary/aromatic N) is 2. The van der Waals surface area contributed by atoms with Crippen LogP contribution in [-0.2, 0) is 25.5 Å². The third-order valence-electron chi connectivity index (χ3n) is 8.74. The van der Waals surface area contributed by atoms with Crippen LogP contribution >= 0.6 is 0 Å². The molecule has 10 heteroatoms. The van der Waals surface area contributed by atoms with Gasteiger partial charge in [0.1, 0.15) is 40.5 Å². The van der Waals surface area contributed by atoms with Gasteiger partial charge in [0.15, 0.2) is 0 Å². The SMILES string of the molecule is C=CCCCCC[C@H](NC(=O)OC(C)(C)C)C(=O)N1C[C@@]2(CCc3c(c(-c4cccc(F)c4)nc4ccccc34)O2)C[C@H]1C(=O)OC. The summed E-state index contributed by atoms with van der Waals surface area (Å²) in [5.74, 6) is -0.839. The van der Waals surface area contributed by atoms with Crippen LogP contribution < -0.4 is 10.1 Å². The van der Waals surface area contributed by atoms with Crippen molar-refractivity contribution in [2.24, 2.45) is 0 Å². The molecule has 47 heavy (non-hydrogen) atoms. The number of esters is 1. The summed E-state index contributed by atoms with van der Waals surface area (Å²) in [5, 5.41) is 3.71. The van der Waals surface area contributed by atoms with E-state index in [0.29, 0.717) is 42.7 Å². The van der Waals surface area contributed by atoms with Crippen LogP contribution in [0.2, 0.25) is 0 Å². The minimum atomic E-state index is -0.936. The highest BCUT2D eigenvalue weighted by Crippen LogP contribution is 2.47. The summed E-state index contributed by atoms with van der Waals surface area (Å²) < 4.78 is 31.9. The van der Waals surface area contributed by atoms with Gasteiger partial charge in [-0.3, -0.25) is 4.79 Å². The number of halogens is 1. The number of unbranched alkanes of at least 4 members (excludes halogenated alkanes) is 3. The number of hydrogen-bond donors (Lipinski definition) is 1. The van der Waals surface area contributed by atoms with E-state index in [9.17, 15) is 18.8 Å². The number of ether oxygens (including phenoxy) is 3. The van der Waals surface area contributed by atoms with Crippen molar-refractivity contribution in [3.05, 3.63) is 72.6 Å². The summed E-state index contributed by atoms with van der Waals surface area (Å²) in [7, 11) is 1.29. The quantitative estimate of drug-likeness (QED) is 0.145. The normalized spacial score (nSPS) is 19.5. The number of nitrogens with one attached hydrogen (secondary N) is 1. The molecule has 2 aromatic carbocycles. The number of alkyl carbamates (subject to hydrolysis) is 1. The van der Waals surface area contributed by atoms with Gasteiger partial charge in [-0.2, -0.15) is 0 Å². The molecule has 1 aromatic heterocycles. The van der Waals surface area contributed by atoms with Crippen molar-refractivity contribution in [2.45, 2.75) is 95.4 Å². The van der Waals surface area contributed by atoms with E-state index >= 15 is 0 Å². The number of carbonyl (C=O) groups excluding carboxylic acids is 3. The number of fused-ring (bicyclic) bond motifs is 3. The van der Waals surface area contributed by atoms with Gasteiger partial charge in [0.05, 0.1) is 19.2 Å². The molecule has 3 aromatic rings. The standard InChI is InChI=1S/C37H44FN3O6/c1-6-7-8-9-10-18-29(40-35(44)47-36(2,3)4)33(42)41-23-37(22-30(41)34(43)45-5)20-19-27-26-16-11-12-17-28(26)39-31(32(27)46-37)24-14-13-15-25(38)21-24/h6,11-17,21,29-30H,1,7-10,18-20,22-23H2,2-5H3,(H,40,44)/t29-,30-,37+/m0/s1. The number of allylic oxidation sites excluding steroid dienone is 1. The highest BCUT2D eigenvalue weighted by molar-refractivity contribution is 5.91. The topological polar surface area (TPSA) is 107 Å². The van der Waals surface area contributed by atoms with Gasteiger partial charge in [-0.1, -0.05) is 49.2 Å². The van der Waals surface area contributed by atoms with Crippen LogP contribution in [0.1, 0.15) is 71.3 Å². The van der Waals surface area contributed by atoms with Crippen molar-refractivity contribution in [3.8, 4) is 17.0 Å². The fourth-order valence-corrected chi connectivity index (χ4v) is 6.57. The Morgan fingerprint density at radius 2 is 1.96 bits per heavy atom. The van der Waals surface area contributed by atoms with Gasteiger partial charge >= 0.3 is 12.1 Å². The molecular weight excluding hydrogens is 601 g/mol. The Morgan fingerprint density at radius 1 is 1.17 bits per heavy atom. The van der Waals surface area contributed by atoms with Crippen molar-refractivity contribution >= 4 is 28.9 Å². The monoisotopic (exact) mass is 645 g/mol. The Morgan fingerprint density at radius 3 is 2.68 bits per heavy atom. The minimum absolute atomic E-state index is 0.101. The lowest BCUT2D eigenvalue weighted by Crippen LogP contribution is -2.53. The van der Waals surface area contributed by atoms with E-state index in [0.717, 1.165) is 35.7 Å². The van der Waals surface area contributed by atoms with Crippen LogP contribution in [0.4, 0.5) is 9.18 Å². The molecule has 2 aliphatic rings. The minimum Gasteiger partial charge on any atom is -0.483 e. The third-order valence-corrected chi connectivity index (χ3v) is 8.74. The number of pyridine rings is 1. The Kier molecular flexibility index (Phi) is 10.2. The summed E-state index contributed by atoms with van der Waals surface area (Å²) in [6.07, 6.45) is 6.14. The number of carbonyl (C=O) groups is 3. The van der Waals surface area contributed by atoms with Gasteiger partial charge in [-0.15, -0.1) is 6.58 Å². The molecule has 250 valence electrons. The Hall–Kier alpha value is -4.47. The molecule has 0 bridgehead atoms. The van der Waals surface area contributed by atoms with Gasteiger partial charge in [0.25, 0.3) is 0 Å². The molecule has 1 saturated heterocycles. The number of benzene rings is 2. The molecular formula is C37H44FN3O6. The van der Waals surface area contributed by atoms with Crippen molar-refractivity contribution in [3.63, 3.8) is 0 Å². The van der Waals surface area contributed by atoms with Crippen molar-refractivity contribution in [2.75, 3.05) is 13.7 Å². The lowest BCUT2D eigenvalue weighted by molar-refractivity contribution is -0.151. The molecule has 2 amide bonds. The first-order chi connectivity index (χ1) is 22.4. The van der Waals surface area contributed by atoms with Crippen LogP contribution in [0.5, 0.6) is 5.75 Å². The zero-order chi connectivity index (χ0) is 33.8. The molecule has 2 aliphatic heterocycles. The molecule has 0 radical (unpaired) electrons. The third kappa shape index (κ3) is 7.75. The molecule has 1 fully saturated rings. The molecule has 5 rings (SSSR count). The molecule has 9 nitrogen and oxygen atoms in total. The van der Waals surface area contributed by atoms with E-state index in [-0.39, 0.29) is 13.0 Å². The van der Waals surface area contributed by atoms with Crippen molar-refractivity contribution in [1.29, 1.82) is 0 Å². The smallest absolute Gasteiger partial charge is 0.408 e. The first-order valence-electron chi connectivity index (χ1n) is 16.3. The van der Waals surface area contributed by atoms with E-state index < -0.39 is 47.1 Å². The fourth-order valence-electron chi connectivity index (χ4n) is 6.57. The number of methoxy groups -OCH3 is 1. The maximum absolute atomic E-state index is 14.4. The average Bonchev–Trinajstić information content (AvgIpc) is 3.40. The predicted molar refractivity (Wildman–Crippen MR) is 177 cm³/mol. The highest BCUT2D eigenvalue weighted by Gasteiger charge is 2.53. The van der Waals surface area contributed by atoms with Crippen LogP contribution in [0.25, 0.3) is 22.2 Å². The number of para-hydroxylation sites is 1. The summed E-state index contributed by atoms with van der Waals surface area (Å²) in [6, 6.07) is 12.1. The van der Waals surface area contributed by atoms with Gasteiger partial charge in [-0.05, 0) is 71.1 Å². The number of hydrogen-bond acceptors (Lipinski definition) is 7. The van der Waals surface area contributed by atoms with Crippen molar-refractivity contribution in [1.82, 2.24) is 15.2 Å². The molecule has 1 spiro atoms. The number of amides is 2. The number of aromatic nitrogens is 1. The van der Waals surface area contributed by atoms with Gasteiger partial charge in [0, 0.05) is 22.9 Å². The second-order valence-corrected chi connectivity index (χ2v) is 13.4. The van der Waals surface area contributed by atoms with Crippen LogP contribution in [0, 0.1) is 5.82 Å². The lowest BCUT2D eigenvalue weighted by Gasteiger charge is -2.37. The zero-order valence-corrected chi connectivity index (χ0v) is 27.6. The van der Waals surface area contributed by atoms with Gasteiger partial charge < -0.3 is 24.4 Å². The van der Waals surface area contributed by atoms with E-state index in [4.69, 9.17) is 19.2 Å². The summed E-state index contributed by atoms with van der Waals surface area (Å²) >= 11 is 0. The molecule has 1 N–H and O–H groups in total. The first kappa shape index (κ1) is 33.9. The molecule has 3 heterocycles. The first-order valence-corrected chi connectivity index (χ1v) is 16.3. The average molecular weight is 646 g/mol. The van der Waals surface area contributed by atoms with E-state index in [2.05, 4.69) is 11.9 Å². The van der Waals surface area contributed by atoms with Gasteiger partial charge in [-0.25, -0.2) is 19.0 Å². The Balaban J connectivity index is 1.48. The maximum Gasteiger partial charge on any atom is 0.408 e. The molecule has 3 atom stereocenters. The van der Waals surface area contributed by atoms with Crippen LogP contribution in [0.3, 0.4) is 0 Å². The number of rotatable bonds is 10. The second-order valence-electron chi connectivity index (χ2n) is 13.4. The molecule has 0 aliphatic carbocycles. The largest absolute Gasteiger partial charge is 0.483 e. The maximum atomic E-state index is 14.4. The van der Waals surface area contributed by atoms with E-state index in [1.807, 2.05) is 30.3 Å². The van der Waals surface area contributed by atoms with Crippen LogP contribution in [-0.4, -0.2) is 64.8 Å². The van der Waals surface area contributed by atoms with Gasteiger partial charge in [0.2, 0.25) is 5.91 Å². The van der Waals surface area contributed by atoms with Crippen LogP contribution in [0.15, 0.2) is 61.2 Å². The second kappa shape index (κ2) is 14.1. The molecule has 0 saturated carbocycles. The Labute approximate surface area is 275 Å². The lowest BCUT2D eigenvalue weighted by atomic mass is 9.86.